The van der Waals surface area contributed by atoms with Gasteiger partial charge in [0, 0.05) is 0 Å². The zero-order valence-electron chi connectivity index (χ0n) is 9.79. The Balaban J connectivity index is 2.34. The molecular weight excluding hydrogens is 192 g/mol. The van der Waals surface area contributed by atoms with Gasteiger partial charge >= 0.3 is 11.9 Å². The van der Waals surface area contributed by atoms with Gasteiger partial charge in [-0.3, -0.25) is 9.59 Å². The first-order valence-electron chi connectivity index (χ1n) is 5.77. The van der Waals surface area contributed by atoms with Crippen molar-refractivity contribution in [2.45, 2.75) is 46.5 Å². The highest BCUT2D eigenvalue weighted by Crippen LogP contribution is 2.27. The molecule has 0 aliphatic carbocycles. The maximum absolute atomic E-state index is 11.2. The second kappa shape index (κ2) is 5.29. The number of rotatable bonds is 5. The molecule has 1 aliphatic rings. The van der Waals surface area contributed by atoms with Crippen molar-refractivity contribution in [3.05, 3.63) is 0 Å². The van der Waals surface area contributed by atoms with E-state index in [1.807, 2.05) is 0 Å². The van der Waals surface area contributed by atoms with Crippen molar-refractivity contribution in [1.29, 1.82) is 0 Å². The topological polar surface area (TPSA) is 43.4 Å². The van der Waals surface area contributed by atoms with Gasteiger partial charge in [0.1, 0.15) is 0 Å². The third-order valence-corrected chi connectivity index (χ3v) is 3.15. The summed E-state index contributed by atoms with van der Waals surface area (Å²) >= 11 is 0. The van der Waals surface area contributed by atoms with Crippen molar-refractivity contribution in [3.63, 3.8) is 0 Å². The summed E-state index contributed by atoms with van der Waals surface area (Å²) in [5.41, 5.74) is 0. The van der Waals surface area contributed by atoms with E-state index in [1.165, 1.54) is 6.42 Å². The molecule has 0 saturated carbocycles. The van der Waals surface area contributed by atoms with Gasteiger partial charge in [-0.05, 0) is 24.7 Å². The number of esters is 2. The minimum absolute atomic E-state index is 0.184. The maximum atomic E-state index is 11.2. The van der Waals surface area contributed by atoms with Crippen molar-refractivity contribution in [3.8, 4) is 0 Å². The van der Waals surface area contributed by atoms with Gasteiger partial charge in [-0.2, -0.15) is 0 Å². The average Bonchev–Trinajstić information content (AvgIpc) is 2.44. The maximum Gasteiger partial charge on any atom is 0.317 e. The van der Waals surface area contributed by atoms with Crippen LogP contribution in [0.1, 0.15) is 46.5 Å². The zero-order valence-corrected chi connectivity index (χ0v) is 9.79. The Hall–Kier alpha value is -0.860. The molecule has 0 N–H and O–H groups in total. The third-order valence-electron chi connectivity index (χ3n) is 3.15. The van der Waals surface area contributed by atoms with E-state index < -0.39 is 0 Å². The molecule has 0 aromatic heterocycles. The predicted molar refractivity (Wildman–Crippen MR) is 57.1 cm³/mol. The van der Waals surface area contributed by atoms with E-state index >= 15 is 0 Å². The number of carbonyl (C=O) groups excluding carboxylic acids is 2. The second-order valence-corrected chi connectivity index (χ2v) is 4.78. The van der Waals surface area contributed by atoms with Crippen molar-refractivity contribution >= 4 is 11.9 Å². The first-order chi connectivity index (χ1) is 7.02. The number of ether oxygens (including phenoxy) is 1. The molecule has 0 radical (unpaired) electrons. The lowest BCUT2D eigenvalue weighted by atomic mass is 9.87. The van der Waals surface area contributed by atoms with Crippen LogP contribution in [0.15, 0.2) is 0 Å². The standard InChI is InChI=1S/C12H20O3/c1-4-8(2)5-9(3)6-10-7-11(13)15-12(10)14/h8-10H,4-7H2,1-3H3. The molecule has 0 aromatic carbocycles. The summed E-state index contributed by atoms with van der Waals surface area (Å²) in [7, 11) is 0. The second-order valence-electron chi connectivity index (χ2n) is 4.78. The molecule has 3 nitrogen and oxygen atoms in total. The smallest absolute Gasteiger partial charge is 0.317 e. The van der Waals surface area contributed by atoms with Crippen molar-refractivity contribution in [1.82, 2.24) is 0 Å². The molecule has 1 saturated heterocycles. The molecule has 15 heavy (non-hydrogen) atoms. The lowest BCUT2D eigenvalue weighted by molar-refractivity contribution is -0.153. The van der Waals surface area contributed by atoms with Gasteiger partial charge in [0.05, 0.1) is 12.3 Å². The van der Waals surface area contributed by atoms with E-state index in [4.69, 9.17) is 0 Å². The van der Waals surface area contributed by atoms with Crippen LogP contribution < -0.4 is 0 Å². The average molecular weight is 212 g/mol. The van der Waals surface area contributed by atoms with E-state index in [1.54, 1.807) is 0 Å². The van der Waals surface area contributed by atoms with E-state index in [9.17, 15) is 9.59 Å². The molecule has 1 fully saturated rings. The molecule has 0 amide bonds. The highest BCUT2D eigenvalue weighted by atomic mass is 16.6. The molecule has 3 heteroatoms. The lowest BCUT2D eigenvalue weighted by Gasteiger charge is -2.17. The van der Waals surface area contributed by atoms with Gasteiger partial charge in [-0.15, -0.1) is 0 Å². The summed E-state index contributed by atoms with van der Waals surface area (Å²) < 4.78 is 4.53. The first kappa shape index (κ1) is 12.2. The fraction of sp³-hybridized carbons (Fsp3) is 0.833. The van der Waals surface area contributed by atoms with Gasteiger partial charge in [-0.1, -0.05) is 27.2 Å². The SMILES string of the molecule is CCC(C)CC(C)CC1CC(=O)OC1=O. The van der Waals surface area contributed by atoms with Crippen molar-refractivity contribution < 1.29 is 14.3 Å². The Kier molecular flexibility index (Phi) is 4.30. The van der Waals surface area contributed by atoms with E-state index in [2.05, 4.69) is 25.5 Å². The lowest BCUT2D eigenvalue weighted by Crippen LogP contribution is -2.13. The van der Waals surface area contributed by atoms with Gasteiger partial charge in [0.25, 0.3) is 0 Å². The number of carbonyl (C=O) groups is 2. The minimum Gasteiger partial charge on any atom is -0.393 e. The van der Waals surface area contributed by atoms with Crippen LogP contribution >= 0.6 is 0 Å². The highest BCUT2D eigenvalue weighted by Gasteiger charge is 2.34. The van der Waals surface area contributed by atoms with Crippen LogP contribution in [0.5, 0.6) is 0 Å². The summed E-state index contributed by atoms with van der Waals surface area (Å²) in [5.74, 6) is 0.310. The van der Waals surface area contributed by atoms with Crippen LogP contribution in [0.25, 0.3) is 0 Å². The summed E-state index contributed by atoms with van der Waals surface area (Å²) in [6.07, 6.45) is 3.35. The fourth-order valence-corrected chi connectivity index (χ4v) is 2.14. The van der Waals surface area contributed by atoms with Crippen LogP contribution in [0.2, 0.25) is 0 Å². The number of cyclic esters (lactones) is 2. The van der Waals surface area contributed by atoms with E-state index in [-0.39, 0.29) is 24.3 Å². The fourth-order valence-electron chi connectivity index (χ4n) is 2.14. The molecule has 86 valence electrons. The Morgan fingerprint density at radius 2 is 2.00 bits per heavy atom. The Morgan fingerprint density at radius 3 is 2.47 bits per heavy atom. The van der Waals surface area contributed by atoms with Crippen LogP contribution in [0.3, 0.4) is 0 Å². The minimum atomic E-state index is -0.360. The van der Waals surface area contributed by atoms with Gasteiger partial charge in [0.2, 0.25) is 0 Å². The molecule has 0 spiro atoms. The third kappa shape index (κ3) is 3.65. The zero-order chi connectivity index (χ0) is 11.4. The normalized spacial score (nSPS) is 25.1. The molecule has 1 heterocycles. The molecule has 3 unspecified atom stereocenters. The summed E-state index contributed by atoms with van der Waals surface area (Å²) in [6, 6.07) is 0. The van der Waals surface area contributed by atoms with Crippen LogP contribution in [0, 0.1) is 17.8 Å². The van der Waals surface area contributed by atoms with E-state index in [0.717, 1.165) is 12.8 Å². The van der Waals surface area contributed by atoms with Crippen molar-refractivity contribution in [2.24, 2.45) is 17.8 Å². The van der Waals surface area contributed by atoms with Crippen LogP contribution in [-0.2, 0) is 14.3 Å². The van der Waals surface area contributed by atoms with Crippen LogP contribution in [-0.4, -0.2) is 11.9 Å². The van der Waals surface area contributed by atoms with Gasteiger partial charge < -0.3 is 4.74 Å². The Morgan fingerprint density at radius 1 is 1.33 bits per heavy atom. The van der Waals surface area contributed by atoms with Crippen molar-refractivity contribution in [2.75, 3.05) is 0 Å². The molecule has 1 rings (SSSR count). The Bertz CT molecular complexity index is 247. The highest BCUT2D eigenvalue weighted by molar-refractivity contribution is 5.94. The number of hydrogen-bond acceptors (Lipinski definition) is 3. The summed E-state index contributed by atoms with van der Waals surface area (Å²) in [6.45, 7) is 6.53. The van der Waals surface area contributed by atoms with Crippen LogP contribution in [0.4, 0.5) is 0 Å². The molecule has 1 aliphatic heterocycles. The Labute approximate surface area is 91.2 Å². The predicted octanol–water partition coefficient (Wildman–Crippen LogP) is 2.54. The molecule has 0 aromatic rings. The molecule has 3 atom stereocenters. The molecular formula is C12H20O3. The quantitative estimate of drug-likeness (QED) is 0.519. The van der Waals surface area contributed by atoms with Gasteiger partial charge in [-0.25, -0.2) is 0 Å². The number of hydrogen-bond donors (Lipinski definition) is 0. The largest absolute Gasteiger partial charge is 0.393 e. The summed E-state index contributed by atoms with van der Waals surface area (Å²) in [4.78, 5) is 22.1. The monoisotopic (exact) mass is 212 g/mol. The van der Waals surface area contributed by atoms with E-state index in [0.29, 0.717) is 11.8 Å². The first-order valence-corrected chi connectivity index (χ1v) is 5.77. The molecule has 0 bridgehead atoms. The van der Waals surface area contributed by atoms with Gasteiger partial charge in [0.15, 0.2) is 0 Å². The summed E-state index contributed by atoms with van der Waals surface area (Å²) in [5, 5.41) is 0.